The van der Waals surface area contributed by atoms with Crippen LogP contribution in [0.25, 0.3) is 0 Å². The average molecular weight is 344 g/mol. The van der Waals surface area contributed by atoms with E-state index < -0.39 is 0 Å². The first-order valence-electron chi connectivity index (χ1n) is 8.80. The average Bonchev–Trinajstić information content (AvgIpc) is 3.21. The van der Waals surface area contributed by atoms with Crippen LogP contribution in [0.2, 0.25) is 0 Å². The van der Waals surface area contributed by atoms with Crippen LogP contribution in [-0.4, -0.2) is 45.5 Å². The Kier molecular flexibility index (Phi) is 4.39. The molecule has 0 N–H and O–H groups in total. The number of amides is 1. The van der Waals surface area contributed by atoms with E-state index in [1.54, 1.807) is 0 Å². The van der Waals surface area contributed by atoms with Crippen molar-refractivity contribution in [3.8, 4) is 0 Å². The molecule has 4 rings (SSSR count). The number of pyridine rings is 1. The SMILES string of the molecule is Cc1cccc(CO[C@@H]2CSC3(C2)CN(C(=O)C2=CCCC2)C3)n1. The van der Waals surface area contributed by atoms with Crippen molar-refractivity contribution in [2.45, 2.75) is 50.1 Å². The summed E-state index contributed by atoms with van der Waals surface area (Å²) in [6.07, 6.45) is 6.61. The van der Waals surface area contributed by atoms with E-state index in [1.165, 1.54) is 0 Å². The zero-order valence-electron chi connectivity index (χ0n) is 14.2. The lowest BCUT2D eigenvalue weighted by molar-refractivity contribution is -0.132. The Morgan fingerprint density at radius 2 is 2.33 bits per heavy atom. The van der Waals surface area contributed by atoms with Crippen molar-refractivity contribution in [3.63, 3.8) is 0 Å². The van der Waals surface area contributed by atoms with Crippen molar-refractivity contribution >= 4 is 17.7 Å². The lowest BCUT2D eigenvalue weighted by Crippen LogP contribution is -2.61. The summed E-state index contributed by atoms with van der Waals surface area (Å²) in [4.78, 5) is 18.9. The molecule has 2 saturated heterocycles. The first-order chi connectivity index (χ1) is 11.6. The number of ether oxygens (including phenoxy) is 1. The van der Waals surface area contributed by atoms with Crippen LogP contribution < -0.4 is 0 Å². The monoisotopic (exact) mass is 344 g/mol. The van der Waals surface area contributed by atoms with E-state index in [0.717, 1.165) is 61.5 Å². The number of carbonyl (C=O) groups is 1. The molecule has 0 radical (unpaired) electrons. The Morgan fingerprint density at radius 3 is 3.08 bits per heavy atom. The van der Waals surface area contributed by atoms with Crippen LogP contribution in [0.5, 0.6) is 0 Å². The van der Waals surface area contributed by atoms with Gasteiger partial charge in [-0.2, -0.15) is 0 Å². The van der Waals surface area contributed by atoms with Gasteiger partial charge in [-0.15, -0.1) is 11.8 Å². The molecule has 3 aliphatic rings. The van der Waals surface area contributed by atoms with Gasteiger partial charge in [0.1, 0.15) is 0 Å². The highest BCUT2D eigenvalue weighted by Gasteiger charge is 2.51. The van der Waals surface area contributed by atoms with E-state index in [4.69, 9.17) is 4.74 Å². The molecule has 1 aromatic heterocycles. The molecule has 0 unspecified atom stereocenters. The van der Waals surface area contributed by atoms with Crippen molar-refractivity contribution in [1.29, 1.82) is 0 Å². The van der Waals surface area contributed by atoms with E-state index in [2.05, 4.69) is 11.1 Å². The molecular weight excluding hydrogens is 320 g/mol. The Bertz CT molecular complexity index is 667. The third-order valence-electron chi connectivity index (χ3n) is 5.15. The van der Waals surface area contributed by atoms with Gasteiger partial charge in [-0.3, -0.25) is 9.78 Å². The van der Waals surface area contributed by atoms with Gasteiger partial charge in [0.2, 0.25) is 5.91 Å². The van der Waals surface area contributed by atoms with Crippen LogP contribution in [0.15, 0.2) is 29.8 Å². The number of likely N-dealkylation sites (tertiary alicyclic amines) is 1. The number of aryl methyl sites for hydroxylation is 1. The number of hydrogen-bond acceptors (Lipinski definition) is 4. The predicted octanol–water partition coefficient (Wildman–Crippen LogP) is 3.10. The second-order valence-corrected chi connectivity index (χ2v) is 8.67. The van der Waals surface area contributed by atoms with E-state index in [-0.39, 0.29) is 16.8 Å². The fraction of sp³-hybridized carbons (Fsp3) is 0.579. The second-order valence-electron chi connectivity index (χ2n) is 7.18. The zero-order valence-corrected chi connectivity index (χ0v) is 15.0. The number of hydrogen-bond donors (Lipinski definition) is 0. The predicted molar refractivity (Wildman–Crippen MR) is 95.9 cm³/mol. The summed E-state index contributed by atoms with van der Waals surface area (Å²) < 4.78 is 6.31. The summed E-state index contributed by atoms with van der Waals surface area (Å²) in [5.41, 5.74) is 3.06. The maximum Gasteiger partial charge on any atom is 0.249 e. The molecule has 1 amide bonds. The fourth-order valence-corrected chi connectivity index (χ4v) is 5.43. The third kappa shape index (κ3) is 3.24. The van der Waals surface area contributed by atoms with Gasteiger partial charge in [0.15, 0.2) is 0 Å². The number of allylic oxidation sites excluding steroid dienone is 1. The number of rotatable bonds is 4. The summed E-state index contributed by atoms with van der Waals surface area (Å²) in [7, 11) is 0. The molecule has 2 fully saturated rings. The van der Waals surface area contributed by atoms with Crippen molar-refractivity contribution in [2.75, 3.05) is 18.8 Å². The molecule has 2 aliphatic heterocycles. The van der Waals surface area contributed by atoms with E-state index in [1.807, 2.05) is 41.8 Å². The van der Waals surface area contributed by atoms with Crippen LogP contribution in [0.1, 0.15) is 37.1 Å². The minimum absolute atomic E-state index is 0.236. The van der Waals surface area contributed by atoms with Crippen LogP contribution in [0.4, 0.5) is 0 Å². The quantitative estimate of drug-likeness (QED) is 0.842. The van der Waals surface area contributed by atoms with Gasteiger partial charge in [-0.05, 0) is 44.7 Å². The van der Waals surface area contributed by atoms with Crippen molar-refractivity contribution in [3.05, 3.63) is 41.2 Å². The summed E-state index contributed by atoms with van der Waals surface area (Å²) in [5.74, 6) is 1.29. The largest absolute Gasteiger partial charge is 0.371 e. The second kappa shape index (κ2) is 6.52. The highest BCUT2D eigenvalue weighted by molar-refractivity contribution is 8.01. The summed E-state index contributed by atoms with van der Waals surface area (Å²) in [5, 5.41) is 0. The molecule has 5 heteroatoms. The highest BCUT2D eigenvalue weighted by Crippen LogP contribution is 2.46. The Morgan fingerprint density at radius 1 is 1.46 bits per heavy atom. The smallest absolute Gasteiger partial charge is 0.249 e. The molecule has 0 saturated carbocycles. The van der Waals surface area contributed by atoms with Crippen molar-refractivity contribution < 1.29 is 9.53 Å². The van der Waals surface area contributed by atoms with E-state index in [0.29, 0.717) is 6.61 Å². The standard InChI is InChI=1S/C19H24N2O2S/c1-14-5-4-8-16(20-14)10-23-17-9-19(24-11-17)12-21(13-19)18(22)15-6-2-3-7-15/h4-6,8,17H,2-3,7,9-13H2,1H3/t17-/m0/s1. The number of nitrogens with zero attached hydrogens (tertiary/aromatic N) is 2. The van der Waals surface area contributed by atoms with Crippen molar-refractivity contribution in [1.82, 2.24) is 9.88 Å². The number of aromatic nitrogens is 1. The van der Waals surface area contributed by atoms with E-state index in [9.17, 15) is 4.79 Å². The molecule has 4 nitrogen and oxygen atoms in total. The molecular formula is C19H24N2O2S. The highest BCUT2D eigenvalue weighted by atomic mass is 32.2. The van der Waals surface area contributed by atoms with E-state index >= 15 is 0 Å². The van der Waals surface area contributed by atoms with Gasteiger partial charge in [0, 0.05) is 30.1 Å². The molecule has 1 aliphatic carbocycles. The Balaban J connectivity index is 1.26. The summed E-state index contributed by atoms with van der Waals surface area (Å²) >= 11 is 1.98. The third-order valence-corrected chi connectivity index (χ3v) is 6.72. The number of carbonyl (C=O) groups excluding carboxylic acids is 1. The molecule has 1 spiro atoms. The van der Waals surface area contributed by atoms with Crippen LogP contribution in [0.3, 0.4) is 0 Å². The maximum atomic E-state index is 12.4. The van der Waals surface area contributed by atoms with Crippen LogP contribution >= 0.6 is 11.8 Å². The molecule has 24 heavy (non-hydrogen) atoms. The van der Waals surface area contributed by atoms with Gasteiger partial charge < -0.3 is 9.64 Å². The summed E-state index contributed by atoms with van der Waals surface area (Å²) in [6.45, 7) is 4.36. The first-order valence-corrected chi connectivity index (χ1v) is 9.79. The van der Waals surface area contributed by atoms with Crippen LogP contribution in [-0.2, 0) is 16.1 Å². The molecule has 1 aromatic rings. The molecule has 1 atom stereocenters. The van der Waals surface area contributed by atoms with Gasteiger partial charge >= 0.3 is 0 Å². The Hall–Kier alpha value is -1.33. The van der Waals surface area contributed by atoms with Gasteiger partial charge in [-0.1, -0.05) is 12.1 Å². The van der Waals surface area contributed by atoms with Gasteiger partial charge in [0.05, 0.1) is 23.2 Å². The minimum atomic E-state index is 0.236. The first kappa shape index (κ1) is 16.2. The van der Waals surface area contributed by atoms with Gasteiger partial charge in [-0.25, -0.2) is 0 Å². The zero-order chi connectivity index (χ0) is 16.6. The van der Waals surface area contributed by atoms with Crippen LogP contribution in [0, 0.1) is 6.92 Å². The Labute approximate surface area is 147 Å². The molecule has 0 aromatic carbocycles. The van der Waals surface area contributed by atoms with Gasteiger partial charge in [0.25, 0.3) is 0 Å². The van der Waals surface area contributed by atoms with Crippen molar-refractivity contribution in [2.24, 2.45) is 0 Å². The normalized spacial score (nSPS) is 25.0. The molecule has 128 valence electrons. The maximum absolute atomic E-state index is 12.4. The lowest BCUT2D eigenvalue weighted by atomic mass is 9.92. The summed E-state index contributed by atoms with van der Waals surface area (Å²) in [6, 6.07) is 6.05. The topological polar surface area (TPSA) is 42.4 Å². The fourth-order valence-electron chi connectivity index (χ4n) is 3.87. The molecule has 0 bridgehead atoms. The lowest BCUT2D eigenvalue weighted by Gasteiger charge is -2.47. The molecule has 3 heterocycles. The minimum Gasteiger partial charge on any atom is -0.371 e. The number of thioether (sulfide) groups is 1.